The fourth-order valence-electron chi connectivity index (χ4n) is 1.53. The molecule has 0 unspecified atom stereocenters. The van der Waals surface area contributed by atoms with Gasteiger partial charge in [-0.15, -0.1) is 0 Å². The van der Waals surface area contributed by atoms with Crippen LogP contribution in [0.3, 0.4) is 0 Å². The Bertz CT molecular complexity index is 590. The lowest BCUT2D eigenvalue weighted by atomic mass is 10.2. The molecule has 0 aliphatic heterocycles. The first-order valence-electron chi connectivity index (χ1n) is 5.83. The van der Waals surface area contributed by atoms with E-state index in [2.05, 4.69) is 38.1 Å². The number of nitrogens with one attached hydrogen (secondary N) is 1. The van der Waals surface area contributed by atoms with E-state index in [1.807, 2.05) is 0 Å². The highest BCUT2D eigenvalue weighted by molar-refractivity contribution is 9.10. The molecule has 6 heteroatoms. The minimum Gasteiger partial charge on any atom is -0.369 e. The van der Waals surface area contributed by atoms with Crippen molar-refractivity contribution in [3.8, 4) is 11.4 Å². The van der Waals surface area contributed by atoms with Crippen molar-refractivity contribution in [3.63, 3.8) is 0 Å². The van der Waals surface area contributed by atoms with Gasteiger partial charge in [0.2, 0.25) is 0 Å². The second kappa shape index (κ2) is 6.55. The number of halogens is 3. The topological polar surface area (TPSA) is 37.8 Å². The number of hydrogen-bond acceptors (Lipinski definition) is 3. The second-order valence-corrected chi connectivity index (χ2v) is 5.64. The van der Waals surface area contributed by atoms with Crippen molar-refractivity contribution < 1.29 is 0 Å². The molecule has 2 aromatic rings. The standard InChI is InChI=1S/C13H12BrCl2N3/c1-2-5-17-13-10(14)7-18-12(19-13)9-6-8(15)3-4-11(9)16/h3-4,6-7H,2,5H2,1H3,(H,17,18,19). The molecule has 19 heavy (non-hydrogen) atoms. The summed E-state index contributed by atoms with van der Waals surface area (Å²) in [5, 5.41) is 4.42. The Balaban J connectivity index is 2.42. The number of benzene rings is 1. The van der Waals surface area contributed by atoms with Crippen molar-refractivity contribution in [2.75, 3.05) is 11.9 Å². The molecule has 0 radical (unpaired) electrons. The SMILES string of the molecule is CCCNc1nc(-c2cc(Cl)ccc2Cl)ncc1Br. The van der Waals surface area contributed by atoms with Crippen LogP contribution in [0.25, 0.3) is 11.4 Å². The van der Waals surface area contributed by atoms with Gasteiger partial charge in [0.25, 0.3) is 0 Å². The van der Waals surface area contributed by atoms with Crippen LogP contribution in [-0.4, -0.2) is 16.5 Å². The molecule has 1 aromatic heterocycles. The van der Waals surface area contributed by atoms with Crippen molar-refractivity contribution in [3.05, 3.63) is 38.9 Å². The molecule has 0 spiro atoms. The summed E-state index contributed by atoms with van der Waals surface area (Å²) < 4.78 is 0.822. The van der Waals surface area contributed by atoms with E-state index in [0.29, 0.717) is 15.9 Å². The molecule has 1 aromatic carbocycles. The van der Waals surface area contributed by atoms with E-state index in [1.165, 1.54) is 0 Å². The van der Waals surface area contributed by atoms with Crippen molar-refractivity contribution >= 4 is 44.9 Å². The molecule has 0 saturated heterocycles. The molecule has 1 N–H and O–H groups in total. The molecular weight excluding hydrogens is 349 g/mol. The van der Waals surface area contributed by atoms with Crippen LogP contribution < -0.4 is 5.32 Å². The van der Waals surface area contributed by atoms with Crippen LogP contribution in [0.5, 0.6) is 0 Å². The van der Waals surface area contributed by atoms with E-state index in [-0.39, 0.29) is 0 Å². The van der Waals surface area contributed by atoms with Gasteiger partial charge in [-0.3, -0.25) is 0 Å². The summed E-state index contributed by atoms with van der Waals surface area (Å²) in [7, 11) is 0. The molecule has 0 atom stereocenters. The average molecular weight is 361 g/mol. The summed E-state index contributed by atoms with van der Waals surface area (Å²) in [5.41, 5.74) is 0.723. The zero-order valence-electron chi connectivity index (χ0n) is 10.3. The van der Waals surface area contributed by atoms with Gasteiger partial charge in [-0.2, -0.15) is 0 Å². The molecule has 0 aliphatic carbocycles. The number of rotatable bonds is 4. The highest BCUT2D eigenvalue weighted by Crippen LogP contribution is 2.30. The van der Waals surface area contributed by atoms with Crippen LogP contribution >= 0.6 is 39.1 Å². The Hall–Kier alpha value is -0.840. The largest absolute Gasteiger partial charge is 0.369 e. The van der Waals surface area contributed by atoms with Crippen molar-refractivity contribution in [2.45, 2.75) is 13.3 Å². The van der Waals surface area contributed by atoms with Gasteiger partial charge >= 0.3 is 0 Å². The van der Waals surface area contributed by atoms with Crippen LogP contribution in [0.15, 0.2) is 28.9 Å². The first kappa shape index (κ1) is 14.6. The molecule has 3 nitrogen and oxygen atoms in total. The summed E-state index contributed by atoms with van der Waals surface area (Å²) in [5.74, 6) is 1.30. The lowest BCUT2D eigenvalue weighted by Gasteiger charge is -2.09. The Morgan fingerprint density at radius 2 is 2.11 bits per heavy atom. The second-order valence-electron chi connectivity index (χ2n) is 3.94. The van der Waals surface area contributed by atoms with Crippen molar-refractivity contribution in [2.24, 2.45) is 0 Å². The summed E-state index contributed by atoms with van der Waals surface area (Å²) in [6.45, 7) is 2.94. The zero-order valence-corrected chi connectivity index (χ0v) is 13.3. The molecule has 2 rings (SSSR count). The fraction of sp³-hybridized carbons (Fsp3) is 0.231. The van der Waals surface area contributed by atoms with Crippen LogP contribution in [0, 0.1) is 0 Å². The van der Waals surface area contributed by atoms with Crippen LogP contribution in [-0.2, 0) is 0 Å². The van der Waals surface area contributed by atoms with Gasteiger partial charge in [-0.1, -0.05) is 30.1 Å². The summed E-state index contributed by atoms with van der Waals surface area (Å²) in [4.78, 5) is 8.75. The molecule has 0 aliphatic rings. The maximum absolute atomic E-state index is 6.16. The van der Waals surface area contributed by atoms with Gasteiger partial charge in [0.15, 0.2) is 5.82 Å². The lowest BCUT2D eigenvalue weighted by Crippen LogP contribution is -2.04. The maximum atomic E-state index is 6.16. The summed E-state index contributed by atoms with van der Waals surface area (Å²) in [6.07, 6.45) is 2.72. The van der Waals surface area contributed by atoms with Gasteiger partial charge in [0, 0.05) is 23.3 Å². The monoisotopic (exact) mass is 359 g/mol. The van der Waals surface area contributed by atoms with Gasteiger partial charge in [0.1, 0.15) is 5.82 Å². The summed E-state index contributed by atoms with van der Waals surface area (Å²) in [6, 6.07) is 5.24. The smallest absolute Gasteiger partial charge is 0.163 e. The van der Waals surface area contributed by atoms with Gasteiger partial charge < -0.3 is 5.32 Å². The predicted octanol–water partition coefficient (Wildman–Crippen LogP) is 5.03. The molecule has 0 fully saturated rings. The van der Waals surface area contributed by atoms with E-state index < -0.39 is 0 Å². The first-order chi connectivity index (χ1) is 9.11. The molecule has 0 amide bonds. The molecule has 100 valence electrons. The molecule has 0 bridgehead atoms. The average Bonchev–Trinajstić information content (AvgIpc) is 2.41. The van der Waals surface area contributed by atoms with Crippen molar-refractivity contribution in [1.82, 2.24) is 9.97 Å². The maximum Gasteiger partial charge on any atom is 0.163 e. The third-order valence-electron chi connectivity index (χ3n) is 2.46. The van der Waals surface area contributed by atoms with Crippen molar-refractivity contribution in [1.29, 1.82) is 0 Å². The highest BCUT2D eigenvalue weighted by atomic mass is 79.9. The van der Waals surface area contributed by atoms with Crippen LogP contribution in [0.2, 0.25) is 10.0 Å². The third kappa shape index (κ3) is 3.59. The molecular formula is C13H12BrCl2N3. The highest BCUT2D eigenvalue weighted by Gasteiger charge is 2.10. The third-order valence-corrected chi connectivity index (χ3v) is 3.60. The van der Waals surface area contributed by atoms with E-state index in [9.17, 15) is 0 Å². The molecule has 0 saturated carbocycles. The van der Waals surface area contributed by atoms with Crippen LogP contribution in [0.4, 0.5) is 5.82 Å². The normalized spacial score (nSPS) is 10.5. The van der Waals surface area contributed by atoms with Gasteiger partial charge in [0.05, 0.1) is 9.50 Å². The molecule has 1 heterocycles. The fourth-order valence-corrected chi connectivity index (χ4v) is 2.24. The number of aromatic nitrogens is 2. The number of anilines is 1. The van der Waals surface area contributed by atoms with E-state index in [0.717, 1.165) is 28.8 Å². The van der Waals surface area contributed by atoms with Gasteiger partial charge in [-0.25, -0.2) is 9.97 Å². The Kier molecular flexibility index (Phi) is 5.02. The first-order valence-corrected chi connectivity index (χ1v) is 7.38. The lowest BCUT2D eigenvalue weighted by molar-refractivity contribution is 0.963. The Morgan fingerprint density at radius 1 is 1.32 bits per heavy atom. The minimum atomic E-state index is 0.550. The van der Waals surface area contributed by atoms with E-state index in [1.54, 1.807) is 24.4 Å². The quantitative estimate of drug-likeness (QED) is 0.830. The van der Waals surface area contributed by atoms with E-state index in [4.69, 9.17) is 23.2 Å². The Labute approximate surface area is 130 Å². The number of hydrogen-bond donors (Lipinski definition) is 1. The van der Waals surface area contributed by atoms with Crippen LogP contribution in [0.1, 0.15) is 13.3 Å². The van der Waals surface area contributed by atoms with Gasteiger partial charge in [-0.05, 0) is 40.5 Å². The predicted molar refractivity (Wildman–Crippen MR) is 84.0 cm³/mol. The zero-order chi connectivity index (χ0) is 13.8. The minimum absolute atomic E-state index is 0.550. The van der Waals surface area contributed by atoms with E-state index >= 15 is 0 Å². The Morgan fingerprint density at radius 3 is 2.84 bits per heavy atom. The number of nitrogens with zero attached hydrogens (tertiary/aromatic N) is 2. The summed E-state index contributed by atoms with van der Waals surface area (Å²) >= 11 is 15.6.